The number of fused-ring (bicyclic) bond motifs is 1. The van der Waals surface area contributed by atoms with E-state index in [1.54, 1.807) is 29.7 Å². The van der Waals surface area contributed by atoms with Crippen LogP contribution in [0.15, 0.2) is 42.5 Å². The first-order valence-corrected chi connectivity index (χ1v) is 7.61. The van der Waals surface area contributed by atoms with Crippen molar-refractivity contribution >= 4 is 22.7 Å². The lowest BCUT2D eigenvalue weighted by atomic mass is 10.0. The number of rotatable bonds is 5. The van der Waals surface area contributed by atoms with Crippen LogP contribution in [0.1, 0.15) is 21.6 Å². The van der Waals surface area contributed by atoms with Gasteiger partial charge in [0.2, 0.25) is 0 Å². The van der Waals surface area contributed by atoms with E-state index in [0.29, 0.717) is 33.5 Å². The summed E-state index contributed by atoms with van der Waals surface area (Å²) < 4.78 is 19.9. The number of hydrogen-bond donors (Lipinski definition) is 1. The molecule has 0 saturated carbocycles. The van der Waals surface area contributed by atoms with E-state index in [2.05, 4.69) is 0 Å². The Morgan fingerprint density at radius 2 is 1.84 bits per heavy atom. The highest BCUT2D eigenvalue weighted by atomic mass is 19.1. The van der Waals surface area contributed by atoms with Crippen LogP contribution >= 0.6 is 0 Å². The number of carboxylic acid groups (broad SMARTS) is 1. The first kappa shape index (κ1) is 16.7. The number of hydrogen-bond acceptors (Lipinski definition) is 3. The molecule has 0 unspecified atom stereocenters. The molecule has 25 heavy (non-hydrogen) atoms. The minimum atomic E-state index is -1.01. The maximum atomic E-state index is 13.1. The fourth-order valence-corrected chi connectivity index (χ4v) is 2.95. The van der Waals surface area contributed by atoms with Crippen molar-refractivity contribution < 1.29 is 23.8 Å². The molecule has 5 nitrogen and oxygen atoms in total. The first-order chi connectivity index (χ1) is 11.9. The zero-order valence-corrected chi connectivity index (χ0v) is 13.7. The van der Waals surface area contributed by atoms with Crippen LogP contribution in [-0.4, -0.2) is 28.5 Å². The maximum Gasteiger partial charge on any atom is 0.323 e. The minimum Gasteiger partial charge on any atom is -0.497 e. The predicted octanol–water partition coefficient (Wildman–Crippen LogP) is 3.41. The van der Waals surface area contributed by atoms with Gasteiger partial charge in [-0.15, -0.1) is 0 Å². The molecule has 1 heterocycles. The van der Waals surface area contributed by atoms with Crippen molar-refractivity contribution in [3.05, 3.63) is 65.1 Å². The number of halogens is 1. The highest BCUT2D eigenvalue weighted by Gasteiger charge is 2.22. The lowest BCUT2D eigenvalue weighted by molar-refractivity contribution is -0.137. The molecule has 0 bridgehead atoms. The van der Waals surface area contributed by atoms with Crippen molar-refractivity contribution in [2.45, 2.75) is 13.5 Å². The maximum absolute atomic E-state index is 13.1. The van der Waals surface area contributed by atoms with Gasteiger partial charge in [-0.1, -0.05) is 0 Å². The van der Waals surface area contributed by atoms with Gasteiger partial charge in [-0.25, -0.2) is 4.39 Å². The predicted molar refractivity (Wildman–Crippen MR) is 90.7 cm³/mol. The first-order valence-electron chi connectivity index (χ1n) is 7.61. The molecule has 6 heteroatoms. The number of carbonyl (C=O) groups excluding carboxylic acids is 1. The quantitative estimate of drug-likeness (QED) is 0.722. The summed E-state index contributed by atoms with van der Waals surface area (Å²) in [5, 5.41) is 9.83. The van der Waals surface area contributed by atoms with Crippen molar-refractivity contribution in [3.8, 4) is 5.75 Å². The number of aromatic nitrogens is 1. The van der Waals surface area contributed by atoms with Crippen molar-refractivity contribution in [3.63, 3.8) is 0 Å². The average Bonchev–Trinajstić information content (AvgIpc) is 2.86. The molecule has 0 aliphatic carbocycles. The summed E-state index contributed by atoms with van der Waals surface area (Å²) in [6, 6.07) is 10.4. The molecule has 2 aromatic carbocycles. The van der Waals surface area contributed by atoms with Crippen LogP contribution in [0.25, 0.3) is 10.9 Å². The van der Waals surface area contributed by atoms with E-state index < -0.39 is 11.8 Å². The second-order valence-corrected chi connectivity index (χ2v) is 5.66. The summed E-state index contributed by atoms with van der Waals surface area (Å²) in [5.41, 5.74) is 1.89. The molecular formula is C19H16FNO4. The van der Waals surface area contributed by atoms with Crippen LogP contribution in [0.3, 0.4) is 0 Å². The number of methoxy groups -OCH3 is 1. The topological polar surface area (TPSA) is 68.5 Å². The lowest BCUT2D eigenvalue weighted by Crippen LogP contribution is -2.11. The van der Waals surface area contributed by atoms with Crippen LogP contribution in [0.2, 0.25) is 0 Å². The molecule has 0 atom stereocenters. The number of aliphatic carboxylic acids is 1. The van der Waals surface area contributed by atoms with Crippen LogP contribution in [0, 0.1) is 12.7 Å². The molecule has 0 saturated heterocycles. The summed E-state index contributed by atoms with van der Waals surface area (Å²) in [7, 11) is 1.52. The Hall–Kier alpha value is -3.15. The van der Waals surface area contributed by atoms with E-state index in [4.69, 9.17) is 4.74 Å². The molecule has 0 amide bonds. The van der Waals surface area contributed by atoms with E-state index in [0.717, 1.165) is 0 Å². The van der Waals surface area contributed by atoms with Crippen LogP contribution in [0.5, 0.6) is 5.75 Å². The third-order valence-corrected chi connectivity index (χ3v) is 4.16. The van der Waals surface area contributed by atoms with E-state index in [9.17, 15) is 19.1 Å². The normalized spacial score (nSPS) is 10.8. The monoisotopic (exact) mass is 341 g/mol. The minimum absolute atomic E-state index is 0.272. The van der Waals surface area contributed by atoms with Gasteiger partial charge in [0.25, 0.3) is 0 Å². The van der Waals surface area contributed by atoms with E-state index in [-0.39, 0.29) is 12.3 Å². The zero-order chi connectivity index (χ0) is 18.1. The molecule has 1 aromatic heterocycles. The second-order valence-electron chi connectivity index (χ2n) is 5.66. The molecule has 0 fully saturated rings. The van der Waals surface area contributed by atoms with Crippen molar-refractivity contribution in [2.75, 3.05) is 7.11 Å². The number of ether oxygens (including phenoxy) is 1. The van der Waals surface area contributed by atoms with Gasteiger partial charge in [-0.3, -0.25) is 9.59 Å². The largest absolute Gasteiger partial charge is 0.497 e. The Bertz CT molecular complexity index is 973. The van der Waals surface area contributed by atoms with Crippen LogP contribution < -0.4 is 4.74 Å². The number of carboxylic acids is 1. The summed E-state index contributed by atoms with van der Waals surface area (Å²) in [6.07, 6.45) is 0. The second kappa shape index (κ2) is 6.39. The van der Waals surface area contributed by atoms with Crippen molar-refractivity contribution in [1.82, 2.24) is 4.57 Å². The smallest absolute Gasteiger partial charge is 0.323 e. The molecule has 0 radical (unpaired) electrons. The molecule has 3 aromatic rings. The summed E-state index contributed by atoms with van der Waals surface area (Å²) >= 11 is 0. The fourth-order valence-electron chi connectivity index (χ4n) is 2.95. The Kier molecular flexibility index (Phi) is 4.27. The van der Waals surface area contributed by atoms with Gasteiger partial charge in [0.1, 0.15) is 18.1 Å². The highest BCUT2D eigenvalue weighted by Crippen LogP contribution is 2.31. The van der Waals surface area contributed by atoms with E-state index >= 15 is 0 Å². The van der Waals surface area contributed by atoms with Gasteiger partial charge >= 0.3 is 5.97 Å². The fraction of sp³-hybridized carbons (Fsp3) is 0.158. The van der Waals surface area contributed by atoms with Gasteiger partial charge in [0.05, 0.1) is 18.2 Å². The lowest BCUT2D eigenvalue weighted by Gasteiger charge is -2.06. The van der Waals surface area contributed by atoms with E-state index in [1.165, 1.54) is 31.4 Å². The molecule has 3 rings (SSSR count). The number of benzene rings is 2. The Balaban J connectivity index is 2.23. The van der Waals surface area contributed by atoms with E-state index in [1.807, 2.05) is 0 Å². The van der Waals surface area contributed by atoms with Gasteiger partial charge in [-0.05, 0) is 43.3 Å². The van der Waals surface area contributed by atoms with Gasteiger partial charge < -0.3 is 14.4 Å². The SMILES string of the molecule is COc1ccc2c(C(=O)c3ccc(F)cc3)c(C)n(CC(=O)O)c2c1. The van der Waals surface area contributed by atoms with Gasteiger partial charge in [-0.2, -0.15) is 0 Å². The molecule has 0 aliphatic rings. The number of carbonyl (C=O) groups is 2. The van der Waals surface area contributed by atoms with Gasteiger partial charge in [0, 0.05) is 22.7 Å². The summed E-state index contributed by atoms with van der Waals surface area (Å²) in [4.78, 5) is 24.2. The average molecular weight is 341 g/mol. The van der Waals surface area contributed by atoms with Gasteiger partial charge in [0.15, 0.2) is 5.78 Å². The van der Waals surface area contributed by atoms with Crippen molar-refractivity contribution in [1.29, 1.82) is 0 Å². The zero-order valence-electron chi connectivity index (χ0n) is 13.7. The molecule has 1 N–H and O–H groups in total. The summed E-state index contributed by atoms with van der Waals surface area (Å²) in [5.74, 6) is -1.15. The Morgan fingerprint density at radius 3 is 2.44 bits per heavy atom. The summed E-state index contributed by atoms with van der Waals surface area (Å²) in [6.45, 7) is 1.43. The molecule has 0 spiro atoms. The highest BCUT2D eigenvalue weighted by molar-refractivity contribution is 6.17. The standard InChI is InChI=1S/C19H16FNO4/c1-11-18(19(24)12-3-5-13(20)6-4-12)15-8-7-14(25-2)9-16(15)21(11)10-17(22)23/h3-9H,10H2,1-2H3,(H,22,23). The third kappa shape index (κ3) is 2.98. The van der Waals surface area contributed by atoms with Crippen LogP contribution in [0.4, 0.5) is 4.39 Å². The Morgan fingerprint density at radius 1 is 1.16 bits per heavy atom. The molecule has 0 aliphatic heterocycles. The molecular weight excluding hydrogens is 325 g/mol. The van der Waals surface area contributed by atoms with Crippen LogP contribution in [-0.2, 0) is 11.3 Å². The molecule has 128 valence electrons. The third-order valence-electron chi connectivity index (χ3n) is 4.16. The number of nitrogens with zero attached hydrogens (tertiary/aromatic N) is 1. The van der Waals surface area contributed by atoms with Crippen molar-refractivity contribution in [2.24, 2.45) is 0 Å². The Labute approximate surface area is 143 Å². The number of ketones is 1.